The molecule has 0 spiro atoms. The van der Waals surface area contributed by atoms with Crippen LogP contribution in [0, 0.1) is 5.41 Å². The van der Waals surface area contributed by atoms with E-state index in [9.17, 15) is 13.2 Å². The topological polar surface area (TPSA) is 68.4 Å². The number of halogens is 3. The van der Waals surface area contributed by atoms with Crippen molar-refractivity contribution in [2.24, 2.45) is 5.41 Å². The van der Waals surface area contributed by atoms with Crippen LogP contribution in [0.15, 0.2) is 30.9 Å². The second-order valence-corrected chi connectivity index (χ2v) is 7.52. The molecule has 0 aromatic carbocycles. The fraction of sp³-hybridized carbons (Fsp3) is 0.474. The lowest BCUT2D eigenvalue weighted by molar-refractivity contribution is -0.141. The van der Waals surface area contributed by atoms with E-state index in [4.69, 9.17) is 4.74 Å². The molecule has 0 saturated carbocycles. The summed E-state index contributed by atoms with van der Waals surface area (Å²) < 4.78 is 46.2. The second kappa shape index (κ2) is 7.25. The Hall–Kier alpha value is -2.75. The molecule has 7 nitrogen and oxygen atoms in total. The molecular weight excluding hydrogens is 385 g/mol. The van der Waals surface area contributed by atoms with Crippen LogP contribution in [0.3, 0.4) is 0 Å². The largest absolute Gasteiger partial charge is 0.434 e. The number of aromatic nitrogens is 5. The van der Waals surface area contributed by atoms with Gasteiger partial charge in [0.25, 0.3) is 0 Å². The molecule has 1 atom stereocenters. The van der Waals surface area contributed by atoms with Crippen molar-refractivity contribution in [2.75, 3.05) is 31.2 Å². The molecule has 0 amide bonds. The number of rotatable bonds is 3. The zero-order chi connectivity index (χ0) is 20.6. The van der Waals surface area contributed by atoms with E-state index in [0.29, 0.717) is 42.7 Å². The van der Waals surface area contributed by atoms with E-state index < -0.39 is 11.9 Å². The van der Waals surface area contributed by atoms with Gasteiger partial charge in [-0.2, -0.15) is 13.2 Å². The molecule has 4 heterocycles. The first-order chi connectivity index (χ1) is 13.8. The smallest absolute Gasteiger partial charge is 0.379 e. The molecule has 154 valence electrons. The number of fused-ring (bicyclic) bond motifs is 1. The summed E-state index contributed by atoms with van der Waals surface area (Å²) >= 11 is 0. The summed E-state index contributed by atoms with van der Waals surface area (Å²) in [5.74, 6) is 1.01. The van der Waals surface area contributed by atoms with E-state index >= 15 is 0 Å². The Balaban J connectivity index is 1.72. The van der Waals surface area contributed by atoms with Crippen molar-refractivity contribution in [2.45, 2.75) is 26.4 Å². The first kappa shape index (κ1) is 19.6. The van der Waals surface area contributed by atoms with Crippen LogP contribution in [0.5, 0.6) is 0 Å². The van der Waals surface area contributed by atoms with Crippen molar-refractivity contribution in [1.29, 1.82) is 0 Å². The molecule has 0 N–H and O–H groups in total. The Morgan fingerprint density at radius 3 is 2.79 bits per heavy atom. The van der Waals surface area contributed by atoms with Gasteiger partial charge in [0.05, 0.1) is 25.6 Å². The maximum absolute atomic E-state index is 13.1. The van der Waals surface area contributed by atoms with Crippen molar-refractivity contribution in [3.63, 3.8) is 0 Å². The number of ether oxygens (including phenoxy) is 1. The van der Waals surface area contributed by atoms with Gasteiger partial charge >= 0.3 is 6.18 Å². The molecule has 0 bridgehead atoms. The molecule has 1 aliphatic rings. The summed E-state index contributed by atoms with van der Waals surface area (Å²) in [6.45, 7) is 7.02. The molecule has 1 unspecified atom stereocenters. The van der Waals surface area contributed by atoms with Gasteiger partial charge in [0, 0.05) is 30.9 Å². The molecule has 1 aliphatic heterocycles. The first-order valence-electron chi connectivity index (χ1n) is 9.35. The van der Waals surface area contributed by atoms with Crippen LogP contribution in [0.2, 0.25) is 0 Å². The molecule has 0 aliphatic carbocycles. The zero-order valence-corrected chi connectivity index (χ0v) is 16.1. The number of anilines is 1. The third-order valence-corrected chi connectivity index (χ3v) is 5.26. The van der Waals surface area contributed by atoms with Gasteiger partial charge in [-0.05, 0) is 12.5 Å². The normalized spacial score (nSPS) is 20.8. The molecule has 3 aromatic heterocycles. The summed E-state index contributed by atoms with van der Waals surface area (Å²) in [5.41, 5.74) is -0.329. The van der Waals surface area contributed by atoms with Crippen molar-refractivity contribution in [1.82, 2.24) is 24.3 Å². The predicted molar refractivity (Wildman–Crippen MR) is 100 cm³/mol. The number of nitrogens with zero attached hydrogens (tertiary/aromatic N) is 6. The Bertz CT molecular complexity index is 1020. The van der Waals surface area contributed by atoms with Gasteiger partial charge in [0.2, 0.25) is 0 Å². The number of hydrogen-bond acceptors (Lipinski definition) is 6. The average molecular weight is 406 g/mol. The number of hydrogen-bond donors (Lipinski definition) is 0. The highest BCUT2D eigenvalue weighted by atomic mass is 19.4. The predicted octanol–water partition coefficient (Wildman–Crippen LogP) is 3.46. The van der Waals surface area contributed by atoms with Crippen LogP contribution in [0.25, 0.3) is 17.2 Å². The van der Waals surface area contributed by atoms with Crippen molar-refractivity contribution in [3.05, 3.63) is 36.5 Å². The minimum absolute atomic E-state index is 0.00178. The highest BCUT2D eigenvalue weighted by molar-refractivity contribution is 5.58. The van der Waals surface area contributed by atoms with Crippen molar-refractivity contribution in [3.8, 4) is 11.5 Å². The van der Waals surface area contributed by atoms with Gasteiger partial charge < -0.3 is 9.64 Å². The maximum Gasteiger partial charge on any atom is 0.434 e. The minimum Gasteiger partial charge on any atom is -0.379 e. The minimum atomic E-state index is -4.55. The summed E-state index contributed by atoms with van der Waals surface area (Å²) in [4.78, 5) is 18.6. The van der Waals surface area contributed by atoms with E-state index in [1.165, 1.54) is 10.6 Å². The molecule has 10 heteroatoms. The molecular formula is C19H21F3N6O. The van der Waals surface area contributed by atoms with E-state index in [0.717, 1.165) is 25.4 Å². The number of alkyl halides is 3. The van der Waals surface area contributed by atoms with Crippen LogP contribution in [0.4, 0.5) is 19.0 Å². The Labute approximate surface area is 165 Å². The van der Waals surface area contributed by atoms with Crippen LogP contribution in [-0.2, 0) is 10.9 Å². The van der Waals surface area contributed by atoms with Gasteiger partial charge in [-0.15, -0.1) is 0 Å². The molecule has 1 saturated heterocycles. The average Bonchev–Trinajstić information content (AvgIpc) is 3.02. The Morgan fingerprint density at radius 1 is 1.21 bits per heavy atom. The van der Waals surface area contributed by atoms with Crippen molar-refractivity contribution < 1.29 is 17.9 Å². The standard InChI is InChI=1S/C19H21F3N6O/c1-3-18(2)11-27(6-7-29-12-18)15-4-5-23-17(26-15)13-8-25-16-9-24-14(10-28(13)16)19(20,21)22/h4-5,8-10H,3,6-7,11-12H2,1-2H3. The van der Waals surface area contributed by atoms with Gasteiger partial charge in [-0.1, -0.05) is 13.8 Å². The Morgan fingerprint density at radius 2 is 2.03 bits per heavy atom. The maximum atomic E-state index is 13.1. The van der Waals surface area contributed by atoms with Gasteiger partial charge in [-0.3, -0.25) is 4.40 Å². The zero-order valence-electron chi connectivity index (χ0n) is 16.1. The van der Waals surface area contributed by atoms with E-state index in [-0.39, 0.29) is 5.41 Å². The molecule has 0 radical (unpaired) electrons. The number of imidazole rings is 1. The van der Waals surface area contributed by atoms with Crippen LogP contribution < -0.4 is 4.90 Å². The fourth-order valence-electron chi connectivity index (χ4n) is 3.34. The van der Waals surface area contributed by atoms with Gasteiger partial charge in [-0.25, -0.2) is 19.9 Å². The highest BCUT2D eigenvalue weighted by Gasteiger charge is 2.33. The SMILES string of the molecule is CCC1(C)COCCN(c2ccnc(-c3cnc4cnc(C(F)(F)F)cn34)n2)C1. The van der Waals surface area contributed by atoms with Crippen molar-refractivity contribution >= 4 is 11.5 Å². The molecule has 3 aromatic rings. The quantitative estimate of drug-likeness (QED) is 0.664. The lowest BCUT2D eigenvalue weighted by atomic mass is 9.88. The first-order valence-corrected chi connectivity index (χ1v) is 9.35. The lowest BCUT2D eigenvalue weighted by Gasteiger charge is -2.31. The summed E-state index contributed by atoms with van der Waals surface area (Å²) in [6.07, 6.45) is 1.49. The van der Waals surface area contributed by atoms with Gasteiger partial charge in [0.15, 0.2) is 17.2 Å². The van der Waals surface area contributed by atoms with Crippen LogP contribution in [-0.4, -0.2) is 50.6 Å². The van der Waals surface area contributed by atoms with Gasteiger partial charge in [0.1, 0.15) is 11.5 Å². The van der Waals surface area contributed by atoms with E-state index in [1.807, 2.05) is 0 Å². The molecule has 1 fully saturated rings. The lowest BCUT2D eigenvalue weighted by Crippen LogP contribution is -2.36. The summed E-state index contributed by atoms with van der Waals surface area (Å²) in [7, 11) is 0. The van der Waals surface area contributed by atoms with E-state index in [1.54, 1.807) is 12.3 Å². The Kier molecular flexibility index (Phi) is 4.89. The fourth-order valence-corrected chi connectivity index (χ4v) is 3.34. The summed E-state index contributed by atoms with van der Waals surface area (Å²) in [6, 6.07) is 1.80. The van der Waals surface area contributed by atoms with Crippen LogP contribution >= 0.6 is 0 Å². The summed E-state index contributed by atoms with van der Waals surface area (Å²) in [5, 5.41) is 0. The third-order valence-electron chi connectivity index (χ3n) is 5.26. The second-order valence-electron chi connectivity index (χ2n) is 7.52. The monoisotopic (exact) mass is 406 g/mol. The molecule has 29 heavy (non-hydrogen) atoms. The molecule has 4 rings (SSSR count). The van der Waals surface area contributed by atoms with E-state index in [2.05, 4.69) is 38.7 Å². The third kappa shape index (κ3) is 3.89. The van der Waals surface area contributed by atoms with Crippen LogP contribution in [0.1, 0.15) is 26.0 Å². The highest BCUT2D eigenvalue weighted by Crippen LogP contribution is 2.30.